The van der Waals surface area contributed by atoms with Crippen molar-refractivity contribution in [2.45, 2.75) is 31.6 Å². The summed E-state index contributed by atoms with van der Waals surface area (Å²) in [6.45, 7) is 7.02. The van der Waals surface area contributed by atoms with Crippen molar-refractivity contribution in [3.8, 4) is 5.75 Å². The summed E-state index contributed by atoms with van der Waals surface area (Å²) in [5, 5.41) is 1.08. The Bertz CT molecular complexity index is 1210. The maximum absolute atomic E-state index is 13.3. The number of thiazole rings is 1. The number of fused-ring (bicyclic) bond motifs is 1. The van der Waals surface area contributed by atoms with E-state index in [0.717, 1.165) is 17.8 Å². The fraction of sp³-hybridized carbons (Fsp3) is 0.417. The zero-order valence-corrected chi connectivity index (χ0v) is 22.0. The lowest BCUT2D eigenvalue weighted by molar-refractivity contribution is -0.118. The van der Waals surface area contributed by atoms with E-state index in [2.05, 4.69) is 23.7 Å². The largest absolute Gasteiger partial charge is 0.494 e. The Kier molecular flexibility index (Phi) is 9.30. The molecule has 0 N–H and O–H groups in total. The molecule has 7 nitrogen and oxygen atoms in total. The summed E-state index contributed by atoms with van der Waals surface area (Å²) < 4.78 is 31.4. The van der Waals surface area contributed by atoms with Crippen molar-refractivity contribution >= 4 is 54.0 Å². The van der Waals surface area contributed by atoms with Gasteiger partial charge < -0.3 is 9.64 Å². The minimum atomic E-state index is -3.44. The predicted octanol–water partition coefficient (Wildman–Crippen LogP) is 4.89. The van der Waals surface area contributed by atoms with Gasteiger partial charge in [0, 0.05) is 19.5 Å². The van der Waals surface area contributed by atoms with Gasteiger partial charge in [-0.15, -0.1) is 0 Å². The average molecular weight is 524 g/mol. The Morgan fingerprint density at radius 3 is 2.44 bits per heavy atom. The molecule has 0 bridgehead atoms. The van der Waals surface area contributed by atoms with Crippen molar-refractivity contribution in [2.75, 3.05) is 43.9 Å². The van der Waals surface area contributed by atoms with Crippen LogP contribution in [-0.2, 0) is 14.6 Å². The Balaban J connectivity index is 1.81. The molecule has 3 aromatic rings. The van der Waals surface area contributed by atoms with Crippen molar-refractivity contribution < 1.29 is 17.9 Å². The second-order valence-electron chi connectivity index (χ2n) is 7.73. The van der Waals surface area contributed by atoms with Gasteiger partial charge in [0.05, 0.1) is 27.5 Å². The number of anilines is 1. The van der Waals surface area contributed by atoms with E-state index < -0.39 is 9.84 Å². The summed E-state index contributed by atoms with van der Waals surface area (Å²) in [6, 6.07) is 11.8. The van der Waals surface area contributed by atoms with Crippen LogP contribution < -0.4 is 9.64 Å². The predicted molar refractivity (Wildman–Crippen MR) is 139 cm³/mol. The van der Waals surface area contributed by atoms with Crippen LogP contribution in [0.4, 0.5) is 5.13 Å². The van der Waals surface area contributed by atoms with Crippen molar-refractivity contribution in [1.82, 2.24) is 9.88 Å². The molecular formula is C24H30ClN3O4S2. The van der Waals surface area contributed by atoms with Crippen molar-refractivity contribution in [2.24, 2.45) is 0 Å². The lowest BCUT2D eigenvalue weighted by Gasteiger charge is -2.24. The molecule has 0 atom stereocenters. The summed E-state index contributed by atoms with van der Waals surface area (Å²) in [4.78, 5) is 22.1. The van der Waals surface area contributed by atoms with Crippen LogP contribution in [-0.4, -0.2) is 63.3 Å². The maximum atomic E-state index is 13.3. The topological polar surface area (TPSA) is 79.8 Å². The highest BCUT2D eigenvalue weighted by Crippen LogP contribution is 2.38. The molecule has 0 unspecified atom stereocenters. The SMILES string of the molecule is CCN(CC)CCN(C(=O)CCCS(=O)(=O)c1ccccc1)c1nc2c(OC)ccc(Cl)c2s1. The summed E-state index contributed by atoms with van der Waals surface area (Å²) in [5.41, 5.74) is 0.613. The van der Waals surface area contributed by atoms with E-state index in [-0.39, 0.29) is 29.4 Å². The minimum absolute atomic E-state index is 0.0911. The quantitative estimate of drug-likeness (QED) is 0.336. The molecule has 10 heteroatoms. The molecule has 0 radical (unpaired) electrons. The molecular weight excluding hydrogens is 494 g/mol. The van der Waals surface area contributed by atoms with Crippen molar-refractivity contribution in [3.05, 3.63) is 47.5 Å². The van der Waals surface area contributed by atoms with Crippen molar-refractivity contribution in [3.63, 3.8) is 0 Å². The normalized spacial score (nSPS) is 11.8. The van der Waals surface area contributed by atoms with Gasteiger partial charge in [-0.1, -0.05) is 55.0 Å². The number of amides is 1. The van der Waals surface area contributed by atoms with E-state index in [1.54, 1.807) is 54.5 Å². The van der Waals surface area contributed by atoms with Crippen LogP contribution in [0.5, 0.6) is 5.75 Å². The molecule has 0 aliphatic carbocycles. The number of hydrogen-bond acceptors (Lipinski definition) is 7. The first-order valence-corrected chi connectivity index (χ1v) is 14.1. The second kappa shape index (κ2) is 12.0. The van der Waals surface area contributed by atoms with E-state index in [1.807, 2.05) is 0 Å². The summed E-state index contributed by atoms with van der Waals surface area (Å²) in [5.74, 6) is 0.336. The third-order valence-corrected chi connectivity index (χ3v) is 8.99. The molecule has 0 aliphatic heterocycles. The molecule has 2 aromatic carbocycles. The maximum Gasteiger partial charge on any atom is 0.228 e. The van der Waals surface area contributed by atoms with Gasteiger partial charge in [0.2, 0.25) is 5.91 Å². The second-order valence-corrected chi connectivity index (χ2v) is 11.2. The number of sulfone groups is 1. The number of benzene rings is 2. The highest BCUT2D eigenvalue weighted by molar-refractivity contribution is 7.91. The number of carbonyl (C=O) groups excluding carboxylic acids is 1. The van der Waals surface area contributed by atoms with Gasteiger partial charge in [0.15, 0.2) is 15.0 Å². The van der Waals surface area contributed by atoms with Crippen LogP contribution >= 0.6 is 22.9 Å². The zero-order valence-electron chi connectivity index (χ0n) is 19.7. The molecule has 0 fully saturated rings. The minimum Gasteiger partial charge on any atom is -0.494 e. The third kappa shape index (κ3) is 6.27. The van der Waals surface area contributed by atoms with Gasteiger partial charge in [0.1, 0.15) is 11.3 Å². The number of rotatable bonds is 12. The number of aromatic nitrogens is 1. The highest BCUT2D eigenvalue weighted by Gasteiger charge is 2.23. The van der Waals surface area contributed by atoms with E-state index in [9.17, 15) is 13.2 Å². The van der Waals surface area contributed by atoms with Crippen molar-refractivity contribution in [1.29, 1.82) is 0 Å². The van der Waals surface area contributed by atoms with Gasteiger partial charge in [-0.2, -0.15) is 0 Å². The standard InChI is InChI=1S/C24H30ClN3O4S2/c1-4-27(5-2)15-16-28(24-26-22-20(32-3)14-13-19(25)23(22)33-24)21(29)12-9-17-34(30,31)18-10-7-6-8-11-18/h6-8,10-11,13-14H,4-5,9,12,15-17H2,1-3H3. The first-order chi connectivity index (χ1) is 16.3. The average Bonchev–Trinajstić information content (AvgIpc) is 3.28. The van der Waals surface area contributed by atoms with Gasteiger partial charge in [-0.05, 0) is 43.8 Å². The lowest BCUT2D eigenvalue weighted by Crippen LogP contribution is -2.38. The molecule has 0 spiro atoms. The monoisotopic (exact) mass is 523 g/mol. The molecule has 0 saturated carbocycles. The number of halogens is 1. The number of nitrogens with zero attached hydrogens (tertiary/aromatic N) is 3. The van der Waals surface area contributed by atoms with E-state index in [4.69, 9.17) is 16.3 Å². The summed E-state index contributed by atoms with van der Waals surface area (Å²) in [6.07, 6.45) is 0.331. The molecule has 1 heterocycles. The molecule has 184 valence electrons. The van der Waals surface area contributed by atoms with Crippen LogP contribution in [0, 0.1) is 0 Å². The molecule has 1 amide bonds. The molecule has 1 aromatic heterocycles. The van der Waals surface area contributed by atoms with Crippen LogP contribution in [0.2, 0.25) is 5.02 Å². The summed E-state index contributed by atoms with van der Waals surface area (Å²) >= 11 is 7.72. The Morgan fingerprint density at radius 1 is 1.09 bits per heavy atom. The number of likely N-dealkylation sites (N-methyl/N-ethyl adjacent to an activating group) is 1. The highest BCUT2D eigenvalue weighted by atomic mass is 35.5. The van der Waals surface area contributed by atoms with Crippen LogP contribution in [0.3, 0.4) is 0 Å². The van der Waals surface area contributed by atoms with E-state index in [1.165, 1.54) is 11.3 Å². The fourth-order valence-corrected chi connectivity index (χ4v) is 6.26. The number of methoxy groups -OCH3 is 1. The van der Waals surface area contributed by atoms with E-state index in [0.29, 0.717) is 34.5 Å². The van der Waals surface area contributed by atoms with Crippen LogP contribution in [0.1, 0.15) is 26.7 Å². The molecule has 3 rings (SSSR count). The number of carbonyl (C=O) groups is 1. The van der Waals surface area contributed by atoms with Crippen LogP contribution in [0.15, 0.2) is 47.4 Å². The molecule has 0 saturated heterocycles. The fourth-order valence-electron chi connectivity index (χ4n) is 3.62. The molecule has 0 aliphatic rings. The van der Waals surface area contributed by atoms with Gasteiger partial charge in [-0.25, -0.2) is 13.4 Å². The first-order valence-electron chi connectivity index (χ1n) is 11.2. The Labute approximate surface area is 210 Å². The number of ether oxygens (including phenoxy) is 1. The molecule has 34 heavy (non-hydrogen) atoms. The lowest BCUT2D eigenvalue weighted by atomic mass is 10.3. The first kappa shape index (κ1) is 26.4. The van der Waals surface area contributed by atoms with Crippen LogP contribution in [0.25, 0.3) is 10.2 Å². The van der Waals surface area contributed by atoms with Gasteiger partial charge in [-0.3, -0.25) is 9.69 Å². The van der Waals surface area contributed by atoms with Gasteiger partial charge >= 0.3 is 0 Å². The number of hydrogen-bond donors (Lipinski definition) is 0. The van der Waals surface area contributed by atoms with E-state index >= 15 is 0 Å². The summed E-state index contributed by atoms with van der Waals surface area (Å²) in [7, 11) is -1.87. The Morgan fingerprint density at radius 2 is 1.79 bits per heavy atom. The third-order valence-electron chi connectivity index (χ3n) is 5.64. The smallest absolute Gasteiger partial charge is 0.228 e. The zero-order chi connectivity index (χ0) is 24.7. The Hall–Kier alpha value is -2.20. The van der Waals surface area contributed by atoms with Gasteiger partial charge in [0.25, 0.3) is 0 Å².